The van der Waals surface area contributed by atoms with Crippen molar-refractivity contribution >= 4 is 40.5 Å². The Balaban J connectivity index is 1.61. The van der Waals surface area contributed by atoms with Crippen LogP contribution in [0.2, 0.25) is 5.02 Å². The monoisotopic (exact) mass is 545 g/mol. The molecule has 2 atom stereocenters. The number of aromatic nitrogens is 2. The molecule has 0 aliphatic heterocycles. The number of amides is 1. The predicted molar refractivity (Wildman–Crippen MR) is 156 cm³/mol. The molecule has 38 heavy (non-hydrogen) atoms. The molecule has 4 aromatic rings. The zero-order chi connectivity index (χ0) is 26.6. The molecule has 0 fully saturated rings. The summed E-state index contributed by atoms with van der Waals surface area (Å²) in [7, 11) is 0. The van der Waals surface area contributed by atoms with Crippen LogP contribution in [0.15, 0.2) is 65.4 Å². The molecule has 5 rings (SSSR count). The quantitative estimate of drug-likeness (QED) is 0.242. The lowest BCUT2D eigenvalue weighted by molar-refractivity contribution is 0.0909. The van der Waals surface area contributed by atoms with Crippen LogP contribution >= 0.6 is 22.9 Å². The minimum atomic E-state index is -0.521. The summed E-state index contributed by atoms with van der Waals surface area (Å²) >= 11 is 8.52. The molecule has 0 saturated heterocycles. The van der Waals surface area contributed by atoms with Gasteiger partial charge in [0, 0.05) is 5.56 Å². The van der Waals surface area contributed by atoms with Crippen molar-refractivity contribution in [2.75, 3.05) is 6.61 Å². The van der Waals surface area contributed by atoms with Crippen LogP contribution in [-0.2, 0) is 6.42 Å². The third-order valence-corrected chi connectivity index (χ3v) is 8.34. The smallest absolute Gasteiger partial charge is 0.272 e. The van der Waals surface area contributed by atoms with Gasteiger partial charge in [0.1, 0.15) is 0 Å². The summed E-state index contributed by atoms with van der Waals surface area (Å²) < 4.78 is 1.85. The van der Waals surface area contributed by atoms with Gasteiger partial charge >= 0.3 is 0 Å². The van der Waals surface area contributed by atoms with E-state index in [9.17, 15) is 9.90 Å². The fraction of sp³-hybridized carbons (Fsp3) is 0.290. The number of hydrogen-bond donors (Lipinski definition) is 2. The number of rotatable bonds is 8. The molecule has 0 saturated carbocycles. The molecule has 2 N–H and O–H groups in total. The molecular weight excluding hydrogens is 514 g/mol. The SMILES string of the molecule is CCC(C)c1ccc(-n2nc(C(=O)NC(CO)c3ccccc3)c3c2/C(=C/c2ccsc2)CCC3)c(Cl)c1. The van der Waals surface area contributed by atoms with Crippen LogP contribution in [0.4, 0.5) is 0 Å². The van der Waals surface area contributed by atoms with Gasteiger partial charge in [0.2, 0.25) is 0 Å². The Morgan fingerprint density at radius 3 is 2.68 bits per heavy atom. The van der Waals surface area contributed by atoms with Crippen molar-refractivity contribution in [2.45, 2.75) is 51.5 Å². The summed E-state index contributed by atoms with van der Waals surface area (Å²) in [4.78, 5) is 13.6. The summed E-state index contributed by atoms with van der Waals surface area (Å²) in [5, 5.41) is 22.7. The molecule has 196 valence electrons. The van der Waals surface area contributed by atoms with Gasteiger partial charge in [-0.15, -0.1) is 0 Å². The Morgan fingerprint density at radius 2 is 2.00 bits per heavy atom. The number of nitrogens with one attached hydrogen (secondary N) is 1. The first kappa shape index (κ1) is 26.4. The minimum absolute atomic E-state index is 0.204. The molecule has 5 nitrogen and oxygen atoms in total. The van der Waals surface area contributed by atoms with Crippen LogP contribution in [0.25, 0.3) is 17.3 Å². The Kier molecular flexibility index (Phi) is 8.12. The molecule has 2 aromatic carbocycles. The van der Waals surface area contributed by atoms with Crippen LogP contribution in [0, 0.1) is 0 Å². The number of carbonyl (C=O) groups excluding carboxylic acids is 1. The van der Waals surface area contributed by atoms with E-state index in [0.717, 1.165) is 59.3 Å². The highest BCUT2D eigenvalue weighted by molar-refractivity contribution is 7.08. The fourth-order valence-electron chi connectivity index (χ4n) is 5.03. The summed E-state index contributed by atoms with van der Waals surface area (Å²) in [6, 6.07) is 17.2. The Morgan fingerprint density at radius 1 is 1.18 bits per heavy atom. The maximum Gasteiger partial charge on any atom is 0.272 e. The van der Waals surface area contributed by atoms with Crippen LogP contribution in [0.1, 0.15) is 83.5 Å². The van der Waals surface area contributed by atoms with Crippen molar-refractivity contribution in [1.29, 1.82) is 0 Å². The van der Waals surface area contributed by atoms with Crippen molar-refractivity contribution in [1.82, 2.24) is 15.1 Å². The van der Waals surface area contributed by atoms with Crippen LogP contribution in [0.5, 0.6) is 0 Å². The number of carbonyl (C=O) groups is 1. The minimum Gasteiger partial charge on any atom is -0.394 e. The highest BCUT2D eigenvalue weighted by Gasteiger charge is 2.30. The van der Waals surface area contributed by atoms with Crippen molar-refractivity contribution in [3.63, 3.8) is 0 Å². The van der Waals surface area contributed by atoms with E-state index in [0.29, 0.717) is 16.6 Å². The van der Waals surface area contributed by atoms with E-state index in [1.165, 1.54) is 5.56 Å². The first-order valence-electron chi connectivity index (χ1n) is 13.1. The Labute approximate surface area is 232 Å². The van der Waals surface area contributed by atoms with Gasteiger partial charge in [-0.3, -0.25) is 4.79 Å². The van der Waals surface area contributed by atoms with Gasteiger partial charge in [-0.05, 0) is 88.9 Å². The summed E-state index contributed by atoms with van der Waals surface area (Å²) in [5.41, 5.74) is 7.30. The molecule has 1 aliphatic rings. The average Bonchev–Trinajstić information content (AvgIpc) is 3.60. The van der Waals surface area contributed by atoms with E-state index < -0.39 is 6.04 Å². The number of fused-ring (bicyclic) bond motifs is 1. The van der Waals surface area contributed by atoms with Gasteiger partial charge in [0.25, 0.3) is 5.91 Å². The highest BCUT2D eigenvalue weighted by Crippen LogP contribution is 2.38. The predicted octanol–water partition coefficient (Wildman–Crippen LogP) is 7.44. The number of hydrogen-bond acceptors (Lipinski definition) is 4. The third kappa shape index (κ3) is 5.35. The fourth-order valence-corrected chi connectivity index (χ4v) is 5.92. The maximum atomic E-state index is 13.6. The summed E-state index contributed by atoms with van der Waals surface area (Å²) in [6.07, 6.45) is 5.78. The summed E-state index contributed by atoms with van der Waals surface area (Å²) in [5.74, 6) is 0.101. The molecule has 2 unspecified atom stereocenters. The number of aliphatic hydroxyl groups excluding tert-OH is 1. The zero-order valence-electron chi connectivity index (χ0n) is 21.7. The lowest BCUT2D eigenvalue weighted by atomic mass is 9.89. The second-order valence-electron chi connectivity index (χ2n) is 9.81. The zero-order valence-corrected chi connectivity index (χ0v) is 23.2. The average molecular weight is 546 g/mol. The topological polar surface area (TPSA) is 67.2 Å². The van der Waals surface area contributed by atoms with Crippen molar-refractivity contribution < 1.29 is 9.90 Å². The number of thiophene rings is 1. The lowest BCUT2D eigenvalue weighted by Gasteiger charge is -2.20. The number of allylic oxidation sites excluding steroid dienone is 1. The molecular formula is C31H32ClN3O2S. The molecule has 0 radical (unpaired) electrons. The van der Waals surface area contributed by atoms with Gasteiger partial charge < -0.3 is 10.4 Å². The molecule has 0 bridgehead atoms. The normalized spacial score (nSPS) is 15.7. The number of aliphatic hydroxyl groups is 1. The first-order chi connectivity index (χ1) is 18.5. The van der Waals surface area contributed by atoms with Gasteiger partial charge in [-0.25, -0.2) is 4.68 Å². The van der Waals surface area contributed by atoms with E-state index in [2.05, 4.69) is 48.1 Å². The van der Waals surface area contributed by atoms with Crippen molar-refractivity contribution in [3.05, 3.63) is 104 Å². The molecule has 7 heteroatoms. The van der Waals surface area contributed by atoms with Crippen molar-refractivity contribution in [2.24, 2.45) is 0 Å². The van der Waals surface area contributed by atoms with Gasteiger partial charge in [0.05, 0.1) is 29.1 Å². The van der Waals surface area contributed by atoms with E-state index in [4.69, 9.17) is 16.7 Å². The van der Waals surface area contributed by atoms with E-state index >= 15 is 0 Å². The molecule has 0 spiro atoms. The Bertz CT molecular complexity index is 1440. The van der Waals surface area contributed by atoms with Crippen LogP contribution in [-0.4, -0.2) is 27.4 Å². The van der Waals surface area contributed by atoms with Crippen LogP contribution in [0.3, 0.4) is 0 Å². The van der Waals surface area contributed by atoms with E-state index in [1.807, 2.05) is 47.1 Å². The molecule has 1 aliphatic carbocycles. The van der Waals surface area contributed by atoms with Gasteiger partial charge in [-0.2, -0.15) is 16.4 Å². The Hall–Kier alpha value is -3.19. The maximum absolute atomic E-state index is 13.6. The van der Waals surface area contributed by atoms with Crippen LogP contribution < -0.4 is 5.32 Å². The van der Waals surface area contributed by atoms with E-state index in [1.54, 1.807) is 11.3 Å². The molecule has 2 heterocycles. The number of benzene rings is 2. The molecule has 1 amide bonds. The standard InChI is InChI=1S/C31H32ClN3O2S/c1-3-20(2)23-12-13-28(26(32)17-23)35-30-24(16-21-14-15-38-19-21)10-7-11-25(30)29(34-35)31(37)33-27(18-36)22-8-5-4-6-9-22/h4-6,8-9,12-17,19-20,27,36H,3,7,10-11,18H2,1-2H3,(H,33,37)/b24-16+. The third-order valence-electron chi connectivity index (χ3n) is 7.33. The van der Waals surface area contributed by atoms with Gasteiger partial charge in [0.15, 0.2) is 5.69 Å². The molecule has 2 aromatic heterocycles. The second kappa shape index (κ2) is 11.7. The van der Waals surface area contributed by atoms with Crippen molar-refractivity contribution in [3.8, 4) is 5.69 Å². The number of nitrogens with zero attached hydrogens (tertiary/aromatic N) is 2. The summed E-state index contributed by atoms with van der Waals surface area (Å²) in [6.45, 7) is 4.15. The highest BCUT2D eigenvalue weighted by atomic mass is 35.5. The van der Waals surface area contributed by atoms with Gasteiger partial charge in [-0.1, -0.05) is 61.8 Å². The largest absolute Gasteiger partial charge is 0.394 e. The first-order valence-corrected chi connectivity index (χ1v) is 14.4. The lowest BCUT2D eigenvalue weighted by Crippen LogP contribution is -2.31. The van der Waals surface area contributed by atoms with E-state index in [-0.39, 0.29) is 12.5 Å². The number of halogens is 1. The second-order valence-corrected chi connectivity index (χ2v) is 11.0.